The van der Waals surface area contributed by atoms with Crippen LogP contribution in [-0.2, 0) is 19.7 Å². The number of carbonyl (C=O) groups excluding carboxylic acids is 1. The molecule has 0 spiro atoms. The third-order valence-electron chi connectivity index (χ3n) is 10.0. The van der Waals surface area contributed by atoms with Crippen molar-refractivity contribution in [1.82, 2.24) is 9.80 Å². The van der Waals surface area contributed by atoms with Gasteiger partial charge in [0, 0.05) is 38.9 Å². The Balaban J connectivity index is 0.00000384. The van der Waals surface area contributed by atoms with Gasteiger partial charge in [0.2, 0.25) is 0 Å². The van der Waals surface area contributed by atoms with E-state index in [1.54, 1.807) is 14.2 Å². The SMILES string of the molecule is CCCCCCCCCCCCCCCCN1CCN(C(OC(=O)[C@]2(c3ccc(OC)cc3)C[C@@H]2OC)c2ccccc2)CC1.Cl.Cl. The summed E-state index contributed by atoms with van der Waals surface area (Å²) in [5.74, 6) is 0.559. The van der Waals surface area contributed by atoms with Crippen molar-refractivity contribution in [3.8, 4) is 5.75 Å². The first kappa shape index (κ1) is 41.3. The van der Waals surface area contributed by atoms with E-state index in [2.05, 4.69) is 28.9 Å². The van der Waals surface area contributed by atoms with E-state index in [4.69, 9.17) is 14.2 Å². The largest absolute Gasteiger partial charge is 0.497 e. The molecule has 2 aliphatic rings. The van der Waals surface area contributed by atoms with Crippen molar-refractivity contribution in [2.24, 2.45) is 0 Å². The standard InChI is InChI=1S/C39H60N2O4.2ClH/c1-4-5-6-7-8-9-10-11-12-13-14-15-16-20-27-40-28-30-41(31-29-40)37(33-21-18-17-19-22-33)45-38(42)39(32-36(39)44-3)34-23-25-35(43-2)26-24-34;;/h17-19,21-26,36-37H,4-16,20,27-32H2,1-3H3;2*1H/t36-,37?,39-;;/m0../s1. The monoisotopic (exact) mass is 692 g/mol. The van der Waals surface area contributed by atoms with Crippen LogP contribution in [0.3, 0.4) is 0 Å². The number of benzene rings is 2. The maximum atomic E-state index is 13.9. The number of piperazine rings is 1. The van der Waals surface area contributed by atoms with Crippen molar-refractivity contribution >= 4 is 30.8 Å². The second kappa shape index (κ2) is 22.7. The van der Waals surface area contributed by atoms with E-state index in [0.717, 1.165) is 49.6 Å². The Hall–Kier alpha value is -1.83. The van der Waals surface area contributed by atoms with Gasteiger partial charge in [-0.3, -0.25) is 9.69 Å². The minimum absolute atomic E-state index is 0. The Bertz CT molecular complexity index is 1100. The van der Waals surface area contributed by atoms with Crippen LogP contribution >= 0.6 is 24.8 Å². The van der Waals surface area contributed by atoms with Crippen molar-refractivity contribution in [3.63, 3.8) is 0 Å². The summed E-state index contributed by atoms with van der Waals surface area (Å²) in [6.07, 6.45) is 19.5. The molecule has 1 aliphatic heterocycles. The fourth-order valence-corrected chi connectivity index (χ4v) is 6.97. The maximum Gasteiger partial charge on any atom is 0.321 e. The molecule has 0 aromatic heterocycles. The van der Waals surface area contributed by atoms with E-state index in [1.165, 1.54) is 89.9 Å². The molecule has 2 aromatic carbocycles. The Morgan fingerprint density at radius 3 is 1.77 bits per heavy atom. The fourth-order valence-electron chi connectivity index (χ4n) is 6.97. The molecule has 47 heavy (non-hydrogen) atoms. The maximum absolute atomic E-state index is 13.9. The van der Waals surface area contributed by atoms with Gasteiger partial charge in [-0.15, -0.1) is 24.8 Å². The fraction of sp³-hybridized carbons (Fsp3) is 0.667. The predicted octanol–water partition coefficient (Wildman–Crippen LogP) is 9.54. The summed E-state index contributed by atoms with van der Waals surface area (Å²) in [7, 11) is 3.33. The second-order valence-electron chi connectivity index (χ2n) is 13.3. The Morgan fingerprint density at radius 1 is 0.745 bits per heavy atom. The lowest BCUT2D eigenvalue weighted by molar-refractivity contribution is -0.166. The lowest BCUT2D eigenvalue weighted by atomic mass is 9.95. The van der Waals surface area contributed by atoms with Gasteiger partial charge < -0.3 is 19.1 Å². The number of hydrogen-bond acceptors (Lipinski definition) is 6. The van der Waals surface area contributed by atoms with E-state index >= 15 is 0 Å². The average Bonchev–Trinajstić information content (AvgIpc) is 3.84. The molecule has 1 heterocycles. The highest BCUT2D eigenvalue weighted by molar-refractivity contribution is 5.88. The summed E-state index contributed by atoms with van der Waals surface area (Å²) in [4.78, 5) is 18.9. The van der Waals surface area contributed by atoms with Gasteiger partial charge in [0.15, 0.2) is 6.23 Å². The van der Waals surface area contributed by atoms with Crippen LogP contribution in [0.1, 0.15) is 121 Å². The lowest BCUT2D eigenvalue weighted by Gasteiger charge is -2.39. The van der Waals surface area contributed by atoms with E-state index < -0.39 is 11.6 Å². The summed E-state index contributed by atoms with van der Waals surface area (Å²) >= 11 is 0. The first-order chi connectivity index (χ1) is 22.1. The van der Waals surface area contributed by atoms with Crippen molar-refractivity contribution in [1.29, 1.82) is 0 Å². The van der Waals surface area contributed by atoms with Crippen LogP contribution in [0.5, 0.6) is 5.75 Å². The van der Waals surface area contributed by atoms with Crippen molar-refractivity contribution in [2.45, 2.75) is 121 Å². The van der Waals surface area contributed by atoms with Crippen LogP contribution in [0, 0.1) is 0 Å². The molecule has 2 aromatic rings. The van der Waals surface area contributed by atoms with Gasteiger partial charge in [-0.1, -0.05) is 133 Å². The highest BCUT2D eigenvalue weighted by Gasteiger charge is 2.64. The Morgan fingerprint density at radius 2 is 1.28 bits per heavy atom. The molecule has 0 radical (unpaired) electrons. The number of methoxy groups -OCH3 is 2. The molecule has 1 saturated carbocycles. The zero-order valence-corrected chi connectivity index (χ0v) is 31.0. The van der Waals surface area contributed by atoms with Crippen LogP contribution < -0.4 is 4.74 Å². The van der Waals surface area contributed by atoms with Gasteiger partial charge in [0.1, 0.15) is 11.2 Å². The van der Waals surface area contributed by atoms with Crippen molar-refractivity contribution in [2.75, 3.05) is 46.9 Å². The summed E-state index contributed by atoms with van der Waals surface area (Å²) in [6.45, 7) is 7.23. The number of esters is 1. The van der Waals surface area contributed by atoms with Gasteiger partial charge >= 0.3 is 5.97 Å². The molecular formula is C39H62Cl2N2O4. The highest BCUT2D eigenvalue weighted by atomic mass is 35.5. The number of nitrogens with zero attached hydrogens (tertiary/aromatic N) is 2. The molecule has 0 bridgehead atoms. The van der Waals surface area contributed by atoms with Crippen LogP contribution in [0.2, 0.25) is 0 Å². The lowest BCUT2D eigenvalue weighted by Crippen LogP contribution is -2.49. The number of carbonyl (C=O) groups is 1. The quantitative estimate of drug-likeness (QED) is 0.0905. The van der Waals surface area contributed by atoms with Gasteiger partial charge in [-0.05, 0) is 37.1 Å². The Kier molecular flexibility index (Phi) is 20.0. The topological polar surface area (TPSA) is 51.2 Å². The molecule has 0 amide bonds. The third kappa shape index (κ3) is 12.5. The van der Waals surface area contributed by atoms with Crippen molar-refractivity contribution in [3.05, 3.63) is 65.7 Å². The normalized spacial score (nSPS) is 20.1. The number of hydrogen-bond donors (Lipinski definition) is 0. The molecular weight excluding hydrogens is 631 g/mol. The summed E-state index contributed by atoms with van der Waals surface area (Å²) in [6, 6.07) is 17.9. The van der Waals surface area contributed by atoms with E-state index in [9.17, 15) is 4.79 Å². The molecule has 4 rings (SSSR count). The molecule has 1 saturated heterocycles. The number of rotatable bonds is 22. The predicted molar refractivity (Wildman–Crippen MR) is 198 cm³/mol. The van der Waals surface area contributed by atoms with Gasteiger partial charge in [0.25, 0.3) is 0 Å². The van der Waals surface area contributed by atoms with Gasteiger partial charge in [0.05, 0.1) is 13.2 Å². The summed E-state index contributed by atoms with van der Waals surface area (Å²) in [5.41, 5.74) is 1.17. The summed E-state index contributed by atoms with van der Waals surface area (Å²) < 4.78 is 17.5. The molecule has 3 atom stereocenters. The second-order valence-corrected chi connectivity index (χ2v) is 13.3. The van der Waals surface area contributed by atoms with Crippen LogP contribution in [0.4, 0.5) is 0 Å². The Labute approximate surface area is 298 Å². The van der Waals surface area contributed by atoms with Crippen LogP contribution in [-0.4, -0.2) is 68.8 Å². The van der Waals surface area contributed by atoms with Gasteiger partial charge in [-0.25, -0.2) is 0 Å². The van der Waals surface area contributed by atoms with Crippen LogP contribution in [0.15, 0.2) is 54.6 Å². The first-order valence-electron chi connectivity index (χ1n) is 18.0. The van der Waals surface area contributed by atoms with Gasteiger partial charge in [-0.2, -0.15) is 0 Å². The van der Waals surface area contributed by atoms with E-state index in [0.29, 0.717) is 6.42 Å². The third-order valence-corrected chi connectivity index (χ3v) is 10.0. The van der Waals surface area contributed by atoms with E-state index in [1.807, 2.05) is 42.5 Å². The number of halogens is 2. The molecule has 1 unspecified atom stereocenters. The molecule has 2 fully saturated rings. The number of ether oxygens (including phenoxy) is 3. The van der Waals surface area contributed by atoms with Crippen molar-refractivity contribution < 1.29 is 19.0 Å². The highest BCUT2D eigenvalue weighted by Crippen LogP contribution is 2.52. The molecule has 266 valence electrons. The smallest absolute Gasteiger partial charge is 0.321 e. The molecule has 1 aliphatic carbocycles. The zero-order valence-electron chi connectivity index (χ0n) is 29.3. The molecule has 6 nitrogen and oxygen atoms in total. The van der Waals surface area contributed by atoms with Crippen LogP contribution in [0.25, 0.3) is 0 Å². The summed E-state index contributed by atoms with van der Waals surface area (Å²) in [5, 5.41) is 0. The zero-order chi connectivity index (χ0) is 31.7. The molecule has 8 heteroatoms. The minimum atomic E-state index is -0.774. The average molecular weight is 694 g/mol. The molecule has 0 N–H and O–H groups in total. The van der Waals surface area contributed by atoms with E-state index in [-0.39, 0.29) is 36.9 Å². The number of unbranched alkanes of at least 4 members (excludes halogenated alkanes) is 13. The minimum Gasteiger partial charge on any atom is -0.497 e. The first-order valence-corrected chi connectivity index (χ1v) is 18.0.